The summed E-state index contributed by atoms with van der Waals surface area (Å²) in [4.78, 5) is 44.5. The second-order valence-electron chi connectivity index (χ2n) is 11.3. The summed E-state index contributed by atoms with van der Waals surface area (Å²) >= 11 is 0. The number of hydrogen-bond donors (Lipinski definition) is 3. The number of carboxylic acids is 1. The van der Waals surface area contributed by atoms with Crippen molar-refractivity contribution in [3.63, 3.8) is 0 Å². The van der Waals surface area contributed by atoms with E-state index in [9.17, 15) is 19.5 Å². The monoisotopic (exact) mass is 528 g/mol. The molecule has 202 valence electrons. The number of nitrogens with zero attached hydrogens (tertiary/aromatic N) is 2. The summed E-state index contributed by atoms with van der Waals surface area (Å²) in [6.45, 7) is 3.19. The molecule has 2 aliphatic heterocycles. The number of primary amides is 1. The summed E-state index contributed by atoms with van der Waals surface area (Å²) in [5.41, 5.74) is 9.61. The van der Waals surface area contributed by atoms with Gasteiger partial charge in [-0.15, -0.1) is 0 Å². The molecule has 3 aromatic rings. The maximum atomic E-state index is 13.9. The summed E-state index contributed by atoms with van der Waals surface area (Å²) in [5.74, 6) is -2.62. The number of ether oxygens (including phenoxy) is 1. The van der Waals surface area contributed by atoms with Gasteiger partial charge in [-0.2, -0.15) is 0 Å². The Balaban J connectivity index is 1.22. The first-order chi connectivity index (χ1) is 18.7. The van der Waals surface area contributed by atoms with E-state index in [4.69, 9.17) is 10.5 Å². The van der Waals surface area contributed by atoms with Gasteiger partial charge in [-0.05, 0) is 68.1 Å². The molecule has 3 heterocycles. The van der Waals surface area contributed by atoms with Crippen molar-refractivity contribution in [1.29, 1.82) is 0 Å². The lowest BCUT2D eigenvalue weighted by atomic mass is 9.75. The molecule has 1 saturated heterocycles. The van der Waals surface area contributed by atoms with Crippen LogP contribution >= 0.6 is 0 Å². The highest BCUT2D eigenvalue weighted by molar-refractivity contribution is 5.97. The van der Waals surface area contributed by atoms with Gasteiger partial charge in [0.25, 0.3) is 0 Å². The number of carbonyl (C=O) groups is 3. The summed E-state index contributed by atoms with van der Waals surface area (Å²) in [5, 5.41) is 14.4. The number of amides is 1. The molecule has 9 heteroatoms. The zero-order valence-corrected chi connectivity index (χ0v) is 22.0. The summed E-state index contributed by atoms with van der Waals surface area (Å²) in [7, 11) is 1.78. The molecule has 5 unspecified atom stereocenters. The number of hydrogen-bond acceptors (Lipinski definition) is 7. The smallest absolute Gasteiger partial charge is 0.308 e. The number of anilines is 1. The Morgan fingerprint density at radius 2 is 1.97 bits per heavy atom. The van der Waals surface area contributed by atoms with Crippen LogP contribution in [0.1, 0.15) is 35.6 Å². The van der Waals surface area contributed by atoms with Crippen LogP contribution in [0.2, 0.25) is 0 Å². The van der Waals surface area contributed by atoms with Gasteiger partial charge >= 0.3 is 5.97 Å². The lowest BCUT2D eigenvalue weighted by Crippen LogP contribution is -2.56. The maximum absolute atomic E-state index is 13.9. The molecule has 1 spiro atoms. The number of benzene rings is 2. The van der Waals surface area contributed by atoms with Gasteiger partial charge in [0.2, 0.25) is 5.91 Å². The lowest BCUT2D eigenvalue weighted by Gasteiger charge is -2.42. The number of pyridine rings is 1. The van der Waals surface area contributed by atoms with Crippen molar-refractivity contribution in [3.05, 3.63) is 65.4 Å². The maximum Gasteiger partial charge on any atom is 0.308 e. The molecular formula is C30H32N4O5. The number of nitrogens with one attached hydrogen (secondary N) is 1. The number of aryl methyl sites for hydroxylation is 1. The van der Waals surface area contributed by atoms with E-state index < -0.39 is 35.2 Å². The summed E-state index contributed by atoms with van der Waals surface area (Å²) < 4.78 is 6.19. The lowest BCUT2D eigenvalue weighted by molar-refractivity contribution is -0.152. The zero-order chi connectivity index (χ0) is 27.5. The van der Waals surface area contributed by atoms with Crippen molar-refractivity contribution >= 4 is 34.3 Å². The van der Waals surface area contributed by atoms with E-state index in [1.54, 1.807) is 7.05 Å². The fourth-order valence-corrected chi connectivity index (χ4v) is 6.84. The van der Waals surface area contributed by atoms with E-state index in [-0.39, 0.29) is 18.1 Å². The number of carboxylic acid groups (broad SMARTS) is 1. The van der Waals surface area contributed by atoms with Gasteiger partial charge in [0.1, 0.15) is 12.4 Å². The average Bonchev–Trinajstić information content (AvgIpc) is 3.42. The number of aromatic nitrogens is 1. The molecule has 6 rings (SSSR count). The first kappa shape index (κ1) is 25.3. The molecule has 5 atom stereocenters. The fourth-order valence-electron chi connectivity index (χ4n) is 6.84. The van der Waals surface area contributed by atoms with Crippen LogP contribution in [-0.2, 0) is 21.0 Å². The quantitative estimate of drug-likeness (QED) is 0.426. The standard InChI is InChI=1S/C30H32N4O5/c1-16-9-17(19-5-3-4-6-25(19)33-16)14-39-18-7-8-24-20(10-18)22(13-32-24)27(35)26-21(29(37)38)11-30(15-34(26)2)12-23(30)28(31)36/h3-10,21-23,26,32H,11-15H2,1-2H3,(H2,31,36)(H,37,38). The van der Waals surface area contributed by atoms with Crippen molar-refractivity contribution in [1.82, 2.24) is 9.88 Å². The predicted molar refractivity (Wildman–Crippen MR) is 145 cm³/mol. The number of aliphatic carboxylic acids is 1. The minimum Gasteiger partial charge on any atom is -0.489 e. The highest BCUT2D eigenvalue weighted by atomic mass is 16.5. The second kappa shape index (κ2) is 9.34. The third-order valence-corrected chi connectivity index (χ3v) is 8.75. The van der Waals surface area contributed by atoms with Crippen LogP contribution in [0.25, 0.3) is 10.9 Å². The number of para-hydroxylation sites is 1. The van der Waals surface area contributed by atoms with Crippen LogP contribution in [0.3, 0.4) is 0 Å². The molecule has 0 radical (unpaired) electrons. The van der Waals surface area contributed by atoms with Crippen LogP contribution in [0, 0.1) is 24.2 Å². The Hall–Kier alpha value is -3.98. The van der Waals surface area contributed by atoms with E-state index in [1.165, 1.54) is 0 Å². The highest BCUT2D eigenvalue weighted by Crippen LogP contribution is 2.60. The molecular weight excluding hydrogens is 496 g/mol. The number of rotatable bonds is 7. The largest absolute Gasteiger partial charge is 0.489 e. The van der Waals surface area contributed by atoms with Crippen LogP contribution in [0.15, 0.2) is 48.5 Å². The molecule has 39 heavy (non-hydrogen) atoms. The third-order valence-electron chi connectivity index (χ3n) is 8.75. The van der Waals surface area contributed by atoms with Crippen LogP contribution in [0.4, 0.5) is 5.69 Å². The number of carbonyl (C=O) groups excluding carboxylic acids is 2. The number of fused-ring (bicyclic) bond motifs is 2. The molecule has 1 saturated carbocycles. The Bertz CT molecular complexity index is 1510. The van der Waals surface area contributed by atoms with Crippen LogP contribution in [0.5, 0.6) is 5.75 Å². The van der Waals surface area contributed by atoms with Crippen molar-refractivity contribution in [2.75, 3.05) is 25.5 Å². The average molecular weight is 529 g/mol. The van der Waals surface area contributed by atoms with E-state index in [1.807, 2.05) is 60.4 Å². The Morgan fingerprint density at radius 3 is 2.72 bits per heavy atom. The molecule has 1 aromatic heterocycles. The van der Waals surface area contributed by atoms with Gasteiger partial charge in [0.05, 0.1) is 23.4 Å². The van der Waals surface area contributed by atoms with Gasteiger partial charge < -0.3 is 20.9 Å². The highest BCUT2D eigenvalue weighted by Gasteiger charge is 2.63. The van der Waals surface area contributed by atoms with Crippen molar-refractivity contribution in [2.24, 2.45) is 23.0 Å². The number of piperidine rings is 1. The predicted octanol–water partition coefficient (Wildman–Crippen LogP) is 3.10. The Morgan fingerprint density at radius 1 is 1.18 bits per heavy atom. The number of likely N-dealkylation sites (tertiary alicyclic amines) is 1. The Labute approximate surface area is 226 Å². The van der Waals surface area contributed by atoms with Crippen LogP contribution in [-0.4, -0.2) is 58.8 Å². The number of nitrogens with two attached hydrogens (primary N) is 1. The first-order valence-corrected chi connectivity index (χ1v) is 13.3. The third kappa shape index (κ3) is 4.40. The zero-order valence-electron chi connectivity index (χ0n) is 22.0. The number of Topliss-reactive ketones (excluding diaryl/α,β-unsaturated/α-hetero) is 1. The van der Waals surface area contributed by atoms with E-state index in [2.05, 4.69) is 10.3 Å². The fraction of sp³-hybridized carbons (Fsp3) is 0.400. The van der Waals surface area contributed by atoms with Crippen molar-refractivity contribution in [2.45, 2.75) is 38.3 Å². The van der Waals surface area contributed by atoms with Gasteiger partial charge in [0.15, 0.2) is 5.78 Å². The minimum absolute atomic E-state index is 0.129. The topological polar surface area (TPSA) is 135 Å². The molecule has 4 N–H and O–H groups in total. The van der Waals surface area contributed by atoms with Crippen molar-refractivity contribution in [3.8, 4) is 5.75 Å². The van der Waals surface area contributed by atoms with Gasteiger partial charge in [-0.3, -0.25) is 24.3 Å². The number of ketones is 1. The minimum atomic E-state index is -1.02. The first-order valence-electron chi connectivity index (χ1n) is 13.3. The summed E-state index contributed by atoms with van der Waals surface area (Å²) in [6, 6.07) is 14.9. The number of likely N-dealkylation sites (N-methyl/N-ethyl adjacent to an activating group) is 1. The molecule has 0 bridgehead atoms. The molecule has 9 nitrogen and oxygen atoms in total. The van der Waals surface area contributed by atoms with Crippen molar-refractivity contribution < 1.29 is 24.2 Å². The van der Waals surface area contributed by atoms with Gasteiger partial charge in [-0.1, -0.05) is 18.2 Å². The Kier molecular flexibility index (Phi) is 6.06. The summed E-state index contributed by atoms with van der Waals surface area (Å²) in [6.07, 6.45) is 0.865. The normalized spacial score (nSPS) is 27.6. The SMILES string of the molecule is Cc1cc(COc2ccc3c(c2)C(C(=O)C2C(C(=O)O)CC4(CC4C(N)=O)CN2C)CN3)c2ccccc2n1. The van der Waals surface area contributed by atoms with Gasteiger partial charge in [0, 0.05) is 41.3 Å². The van der Waals surface area contributed by atoms with Crippen LogP contribution < -0.4 is 15.8 Å². The van der Waals surface area contributed by atoms with E-state index in [0.29, 0.717) is 31.9 Å². The van der Waals surface area contributed by atoms with Gasteiger partial charge in [-0.25, -0.2) is 0 Å². The van der Waals surface area contributed by atoms with E-state index in [0.717, 1.165) is 33.4 Å². The molecule has 3 aliphatic rings. The molecule has 1 aliphatic carbocycles. The van der Waals surface area contributed by atoms with E-state index >= 15 is 0 Å². The molecule has 2 aromatic carbocycles. The molecule has 1 amide bonds. The second-order valence-corrected chi connectivity index (χ2v) is 11.3. The molecule has 2 fully saturated rings.